The van der Waals surface area contributed by atoms with E-state index in [1.165, 1.54) is 39.2 Å². The van der Waals surface area contributed by atoms with E-state index in [0.717, 1.165) is 12.8 Å². The van der Waals surface area contributed by atoms with Gasteiger partial charge in [-0.05, 0) is 39.0 Å². The molecule has 0 unspecified atom stereocenters. The molecule has 2 aliphatic carbocycles. The van der Waals surface area contributed by atoms with Crippen molar-refractivity contribution in [2.45, 2.75) is 70.0 Å². The van der Waals surface area contributed by atoms with Crippen molar-refractivity contribution in [2.24, 2.45) is 11.8 Å². The lowest BCUT2D eigenvalue weighted by Crippen LogP contribution is -2.53. The fourth-order valence-corrected chi connectivity index (χ4v) is 4.54. The Morgan fingerprint density at radius 1 is 1.35 bits per heavy atom. The van der Waals surface area contributed by atoms with Crippen molar-refractivity contribution in [3.05, 3.63) is 11.6 Å². The monoisotopic (exact) mass is 278 g/mol. The van der Waals surface area contributed by atoms with Gasteiger partial charge in [-0.15, -0.1) is 0 Å². The molecule has 3 heteroatoms. The third-order valence-corrected chi connectivity index (χ3v) is 5.49. The summed E-state index contributed by atoms with van der Waals surface area (Å²) in [5.74, 6) is 0.876. The van der Waals surface area contributed by atoms with Gasteiger partial charge < -0.3 is 9.47 Å². The highest BCUT2D eigenvalue weighted by Crippen LogP contribution is 2.51. The van der Waals surface area contributed by atoms with Crippen molar-refractivity contribution in [3.63, 3.8) is 0 Å². The van der Waals surface area contributed by atoms with Gasteiger partial charge in [0.2, 0.25) is 0 Å². The fourth-order valence-electron chi connectivity index (χ4n) is 4.54. The van der Waals surface area contributed by atoms with Crippen LogP contribution < -0.4 is 0 Å². The van der Waals surface area contributed by atoms with Crippen LogP contribution in [-0.4, -0.2) is 24.8 Å². The van der Waals surface area contributed by atoms with Gasteiger partial charge in [0, 0.05) is 11.8 Å². The zero-order valence-corrected chi connectivity index (χ0v) is 12.7. The highest BCUT2D eigenvalue weighted by molar-refractivity contribution is 5.70. The lowest BCUT2D eigenvalue weighted by atomic mass is 9.64. The first kappa shape index (κ1) is 14.1. The minimum Gasteiger partial charge on any atom is -0.469 e. The second-order valence-electron chi connectivity index (χ2n) is 6.80. The standard InChI is InChI=1S/C17H26O3/c1-17(11-16(18)19-2)14-9-5-3-7-12(14)13-8-4-6-10-15(13)20-17/h7,13-15H,3-6,8-11H2,1-2H3/t13-,14-,15+,17+/m1/s1. The van der Waals surface area contributed by atoms with E-state index in [1.807, 2.05) is 0 Å². The molecule has 3 aliphatic rings. The van der Waals surface area contributed by atoms with E-state index in [9.17, 15) is 4.79 Å². The van der Waals surface area contributed by atoms with E-state index in [-0.39, 0.29) is 11.6 Å². The van der Waals surface area contributed by atoms with Crippen LogP contribution in [-0.2, 0) is 14.3 Å². The van der Waals surface area contributed by atoms with Crippen molar-refractivity contribution in [1.29, 1.82) is 0 Å². The molecule has 112 valence electrons. The van der Waals surface area contributed by atoms with E-state index in [1.54, 1.807) is 5.57 Å². The quantitative estimate of drug-likeness (QED) is 0.571. The zero-order valence-electron chi connectivity index (χ0n) is 12.7. The van der Waals surface area contributed by atoms with Crippen molar-refractivity contribution < 1.29 is 14.3 Å². The highest BCUT2D eigenvalue weighted by atomic mass is 16.5. The topological polar surface area (TPSA) is 35.5 Å². The van der Waals surface area contributed by atoms with Crippen molar-refractivity contribution in [1.82, 2.24) is 0 Å². The number of methoxy groups -OCH3 is 1. The van der Waals surface area contributed by atoms with Crippen LogP contribution in [0.2, 0.25) is 0 Å². The van der Waals surface area contributed by atoms with Crippen LogP contribution in [0.3, 0.4) is 0 Å². The van der Waals surface area contributed by atoms with Gasteiger partial charge in [0.15, 0.2) is 0 Å². The predicted molar refractivity (Wildman–Crippen MR) is 77.3 cm³/mol. The summed E-state index contributed by atoms with van der Waals surface area (Å²) in [4.78, 5) is 11.8. The molecule has 0 amide bonds. The Balaban J connectivity index is 1.89. The van der Waals surface area contributed by atoms with Crippen molar-refractivity contribution in [2.75, 3.05) is 7.11 Å². The molecule has 0 N–H and O–H groups in total. The Kier molecular flexibility index (Phi) is 3.89. The first-order chi connectivity index (χ1) is 9.64. The van der Waals surface area contributed by atoms with Crippen LogP contribution in [0.5, 0.6) is 0 Å². The number of fused-ring (bicyclic) bond motifs is 3. The molecule has 1 heterocycles. The number of carbonyl (C=O) groups excluding carboxylic acids is 1. The van der Waals surface area contributed by atoms with Crippen LogP contribution in [0.15, 0.2) is 11.6 Å². The SMILES string of the molecule is COC(=O)C[C@]1(C)O[C@H]2CCCC[C@@H]2C2=CCCC[C@H]21. The molecule has 4 atom stereocenters. The van der Waals surface area contributed by atoms with Crippen molar-refractivity contribution in [3.8, 4) is 0 Å². The van der Waals surface area contributed by atoms with Crippen LogP contribution in [0, 0.1) is 11.8 Å². The molecule has 1 saturated carbocycles. The Labute approximate surface area is 121 Å². The Morgan fingerprint density at radius 2 is 2.15 bits per heavy atom. The Bertz CT molecular complexity index is 414. The maximum Gasteiger partial charge on any atom is 0.308 e. The average molecular weight is 278 g/mol. The second kappa shape index (κ2) is 5.51. The maximum absolute atomic E-state index is 11.8. The minimum absolute atomic E-state index is 0.147. The lowest BCUT2D eigenvalue weighted by molar-refractivity contribution is -0.181. The van der Waals surface area contributed by atoms with Gasteiger partial charge in [-0.3, -0.25) is 4.79 Å². The Morgan fingerprint density at radius 3 is 2.95 bits per heavy atom. The Hall–Kier alpha value is -0.830. The molecular weight excluding hydrogens is 252 g/mol. The minimum atomic E-state index is -0.363. The third kappa shape index (κ3) is 2.41. The van der Waals surface area contributed by atoms with Gasteiger partial charge in [0.05, 0.1) is 25.2 Å². The van der Waals surface area contributed by atoms with Crippen LogP contribution in [0.1, 0.15) is 58.3 Å². The van der Waals surface area contributed by atoms with Gasteiger partial charge in [-0.25, -0.2) is 0 Å². The predicted octanol–water partition coefficient (Wildman–Crippen LogP) is 3.62. The summed E-state index contributed by atoms with van der Waals surface area (Å²) in [5, 5.41) is 0. The first-order valence-corrected chi connectivity index (χ1v) is 8.08. The van der Waals surface area contributed by atoms with Crippen LogP contribution >= 0.6 is 0 Å². The van der Waals surface area contributed by atoms with E-state index in [0.29, 0.717) is 24.4 Å². The molecule has 3 nitrogen and oxygen atoms in total. The number of hydrogen-bond donors (Lipinski definition) is 0. The summed E-state index contributed by atoms with van der Waals surface area (Å²) >= 11 is 0. The number of allylic oxidation sites excluding steroid dienone is 1. The molecule has 20 heavy (non-hydrogen) atoms. The summed E-state index contributed by atoms with van der Waals surface area (Å²) in [6.45, 7) is 2.12. The molecule has 3 rings (SSSR count). The average Bonchev–Trinajstić information content (AvgIpc) is 2.47. The molecule has 0 radical (unpaired) electrons. The molecule has 0 bridgehead atoms. The van der Waals surface area contributed by atoms with Crippen LogP contribution in [0.25, 0.3) is 0 Å². The number of ether oxygens (including phenoxy) is 2. The van der Waals surface area contributed by atoms with E-state index in [2.05, 4.69) is 13.0 Å². The zero-order chi connectivity index (χ0) is 14.2. The number of rotatable bonds is 2. The summed E-state index contributed by atoms with van der Waals surface area (Å²) in [5.41, 5.74) is 1.23. The fraction of sp³-hybridized carbons (Fsp3) is 0.824. The van der Waals surface area contributed by atoms with E-state index in [4.69, 9.17) is 9.47 Å². The van der Waals surface area contributed by atoms with Gasteiger partial charge in [0.1, 0.15) is 0 Å². The number of esters is 1. The van der Waals surface area contributed by atoms with E-state index >= 15 is 0 Å². The summed E-state index contributed by atoms with van der Waals surface area (Å²) in [6, 6.07) is 0. The molecular formula is C17H26O3. The molecule has 1 saturated heterocycles. The normalized spacial score (nSPS) is 40.3. The summed E-state index contributed by atoms with van der Waals surface area (Å²) in [6.07, 6.45) is 11.7. The number of carbonyl (C=O) groups is 1. The second-order valence-corrected chi connectivity index (χ2v) is 6.80. The first-order valence-electron chi connectivity index (χ1n) is 8.08. The van der Waals surface area contributed by atoms with Gasteiger partial charge in [-0.1, -0.05) is 24.5 Å². The molecule has 2 fully saturated rings. The number of hydrogen-bond acceptors (Lipinski definition) is 3. The molecule has 0 aromatic carbocycles. The van der Waals surface area contributed by atoms with Crippen molar-refractivity contribution >= 4 is 5.97 Å². The van der Waals surface area contributed by atoms with E-state index < -0.39 is 0 Å². The van der Waals surface area contributed by atoms with Gasteiger partial charge >= 0.3 is 5.97 Å². The van der Waals surface area contributed by atoms with Crippen LogP contribution in [0.4, 0.5) is 0 Å². The molecule has 0 spiro atoms. The summed E-state index contributed by atoms with van der Waals surface area (Å²) < 4.78 is 11.4. The maximum atomic E-state index is 11.8. The third-order valence-electron chi connectivity index (χ3n) is 5.49. The smallest absolute Gasteiger partial charge is 0.308 e. The molecule has 0 aromatic heterocycles. The largest absolute Gasteiger partial charge is 0.469 e. The summed E-state index contributed by atoms with van der Waals surface area (Å²) in [7, 11) is 1.47. The molecule has 1 aliphatic heterocycles. The molecule has 0 aromatic rings. The van der Waals surface area contributed by atoms with Gasteiger partial charge in [-0.2, -0.15) is 0 Å². The highest BCUT2D eigenvalue weighted by Gasteiger charge is 2.50. The van der Waals surface area contributed by atoms with Gasteiger partial charge in [0.25, 0.3) is 0 Å². The lowest BCUT2D eigenvalue weighted by Gasteiger charge is -2.52.